The van der Waals surface area contributed by atoms with E-state index in [9.17, 15) is 18.0 Å². The molecule has 0 aromatic heterocycles. The van der Waals surface area contributed by atoms with Crippen LogP contribution in [0.3, 0.4) is 0 Å². The van der Waals surface area contributed by atoms with Crippen LogP contribution in [-0.4, -0.2) is 26.0 Å². The van der Waals surface area contributed by atoms with Crippen molar-refractivity contribution in [2.45, 2.75) is 13.8 Å². The molecular weight excluding hydrogens is 376 g/mol. The summed E-state index contributed by atoms with van der Waals surface area (Å²) < 4.78 is 25.1. The number of hydrogen-bond donors (Lipinski definition) is 1. The summed E-state index contributed by atoms with van der Waals surface area (Å²) in [5.41, 5.74) is 2.01. The van der Waals surface area contributed by atoms with Gasteiger partial charge in [0.1, 0.15) is 0 Å². The number of hydrogen-bond acceptors (Lipinski definition) is 4. The van der Waals surface area contributed by atoms with Crippen LogP contribution in [-0.2, 0) is 14.8 Å². The molecule has 0 aliphatic carbocycles. The van der Waals surface area contributed by atoms with Gasteiger partial charge in [-0.2, -0.15) is 0 Å². The number of halogens is 1. The SMILES string of the molecule is Cc1ccc(NC(=O)c2ccc(N3C(=O)C(C)CS3(=O)=O)cc2Cl)cc1. The van der Waals surface area contributed by atoms with Crippen molar-refractivity contribution >= 4 is 44.8 Å². The van der Waals surface area contributed by atoms with Crippen molar-refractivity contribution in [2.75, 3.05) is 15.4 Å². The monoisotopic (exact) mass is 392 g/mol. The molecule has 2 aromatic rings. The van der Waals surface area contributed by atoms with Gasteiger partial charge in [-0.25, -0.2) is 12.7 Å². The second-order valence-electron chi connectivity index (χ2n) is 6.27. The first-order valence-corrected chi connectivity index (χ1v) is 9.92. The summed E-state index contributed by atoms with van der Waals surface area (Å²) in [5, 5.41) is 2.79. The van der Waals surface area contributed by atoms with E-state index in [2.05, 4.69) is 5.32 Å². The van der Waals surface area contributed by atoms with E-state index in [0.717, 1.165) is 9.87 Å². The molecule has 2 amide bonds. The normalized spacial score (nSPS) is 18.8. The molecule has 1 fully saturated rings. The summed E-state index contributed by atoms with van der Waals surface area (Å²) >= 11 is 6.18. The molecule has 0 saturated carbocycles. The molecule has 1 aliphatic rings. The van der Waals surface area contributed by atoms with Gasteiger partial charge in [0.25, 0.3) is 5.91 Å². The largest absolute Gasteiger partial charge is 0.322 e. The molecule has 3 rings (SSSR count). The number of aryl methyl sites for hydroxylation is 1. The number of benzene rings is 2. The number of carbonyl (C=O) groups excluding carboxylic acids is 2. The third kappa shape index (κ3) is 3.45. The Morgan fingerprint density at radius 3 is 2.38 bits per heavy atom. The molecule has 0 bridgehead atoms. The maximum atomic E-state index is 12.4. The maximum Gasteiger partial charge on any atom is 0.257 e. The van der Waals surface area contributed by atoms with Crippen LogP contribution in [0, 0.1) is 12.8 Å². The number of sulfonamides is 1. The molecule has 1 unspecified atom stereocenters. The lowest BCUT2D eigenvalue weighted by atomic mass is 10.1. The summed E-state index contributed by atoms with van der Waals surface area (Å²) in [6.07, 6.45) is 0. The average molecular weight is 393 g/mol. The van der Waals surface area contributed by atoms with Crippen molar-refractivity contribution in [3.8, 4) is 0 Å². The minimum Gasteiger partial charge on any atom is -0.322 e. The highest BCUT2D eigenvalue weighted by atomic mass is 35.5. The molecule has 1 atom stereocenters. The molecule has 8 heteroatoms. The van der Waals surface area contributed by atoms with Crippen molar-refractivity contribution in [3.63, 3.8) is 0 Å². The minimum absolute atomic E-state index is 0.0645. The Labute approximate surface area is 156 Å². The Hall–Kier alpha value is -2.38. The van der Waals surface area contributed by atoms with Crippen LogP contribution in [0.15, 0.2) is 42.5 Å². The highest BCUT2D eigenvalue weighted by molar-refractivity contribution is 7.94. The zero-order valence-electron chi connectivity index (χ0n) is 14.2. The van der Waals surface area contributed by atoms with Crippen molar-refractivity contribution in [3.05, 3.63) is 58.6 Å². The fourth-order valence-corrected chi connectivity index (χ4v) is 4.81. The second-order valence-corrected chi connectivity index (χ2v) is 8.54. The van der Waals surface area contributed by atoms with Gasteiger partial charge in [0, 0.05) is 5.69 Å². The fraction of sp³-hybridized carbons (Fsp3) is 0.222. The molecule has 0 spiro atoms. The van der Waals surface area contributed by atoms with Gasteiger partial charge in [-0.3, -0.25) is 9.59 Å². The number of carbonyl (C=O) groups is 2. The Balaban J connectivity index is 1.87. The summed E-state index contributed by atoms with van der Waals surface area (Å²) in [6, 6.07) is 11.4. The first kappa shape index (κ1) is 18.4. The molecular formula is C18H17ClN2O4S. The molecule has 136 valence electrons. The summed E-state index contributed by atoms with van der Waals surface area (Å²) in [4.78, 5) is 24.5. The summed E-state index contributed by atoms with van der Waals surface area (Å²) in [6.45, 7) is 3.50. The number of nitrogens with one attached hydrogen (secondary N) is 1. The standard InChI is InChI=1S/C18H17ClN2O4S/c1-11-3-5-13(6-4-11)20-17(22)15-8-7-14(9-16(15)19)21-18(23)12(2)10-26(21,24)25/h3-9,12H,10H2,1-2H3,(H,20,22). The van der Waals surface area contributed by atoms with Gasteiger partial charge in [-0.05, 0) is 37.3 Å². The average Bonchev–Trinajstić information content (AvgIpc) is 2.77. The highest BCUT2D eigenvalue weighted by Gasteiger charge is 2.42. The minimum atomic E-state index is -3.72. The topological polar surface area (TPSA) is 83.6 Å². The van der Waals surface area contributed by atoms with Crippen LogP contribution in [0.4, 0.5) is 11.4 Å². The van der Waals surface area contributed by atoms with Crippen LogP contribution in [0.1, 0.15) is 22.8 Å². The molecule has 1 heterocycles. The predicted molar refractivity (Wildman–Crippen MR) is 101 cm³/mol. The zero-order valence-corrected chi connectivity index (χ0v) is 15.8. The number of rotatable bonds is 3. The number of amides is 2. The van der Waals surface area contributed by atoms with E-state index in [4.69, 9.17) is 11.6 Å². The van der Waals surface area contributed by atoms with Gasteiger partial charge >= 0.3 is 0 Å². The maximum absolute atomic E-state index is 12.4. The fourth-order valence-electron chi connectivity index (χ4n) is 2.74. The van der Waals surface area contributed by atoms with E-state index in [1.54, 1.807) is 19.1 Å². The Morgan fingerprint density at radius 1 is 1.19 bits per heavy atom. The van der Waals surface area contributed by atoms with Crippen molar-refractivity contribution < 1.29 is 18.0 Å². The molecule has 2 aromatic carbocycles. The van der Waals surface area contributed by atoms with E-state index in [1.165, 1.54) is 18.2 Å². The third-order valence-corrected chi connectivity index (χ3v) is 6.28. The molecule has 1 aliphatic heterocycles. The molecule has 6 nitrogen and oxygen atoms in total. The molecule has 0 radical (unpaired) electrons. The van der Waals surface area contributed by atoms with Crippen molar-refractivity contribution in [2.24, 2.45) is 5.92 Å². The van der Waals surface area contributed by atoms with E-state index in [-0.39, 0.29) is 22.0 Å². The van der Waals surface area contributed by atoms with Gasteiger partial charge < -0.3 is 5.32 Å². The summed E-state index contributed by atoms with van der Waals surface area (Å²) in [5.74, 6) is -1.77. The Kier molecular flexibility index (Phi) is 4.77. The zero-order chi connectivity index (χ0) is 19.1. The first-order valence-electron chi connectivity index (χ1n) is 7.93. The van der Waals surface area contributed by atoms with Crippen LogP contribution < -0.4 is 9.62 Å². The van der Waals surface area contributed by atoms with Gasteiger partial charge in [-0.1, -0.05) is 36.2 Å². The number of anilines is 2. The highest BCUT2D eigenvalue weighted by Crippen LogP contribution is 2.31. The van der Waals surface area contributed by atoms with Crippen LogP contribution in [0.2, 0.25) is 5.02 Å². The number of nitrogens with zero attached hydrogens (tertiary/aromatic N) is 1. The van der Waals surface area contributed by atoms with Gasteiger partial charge in [0.2, 0.25) is 15.9 Å². The predicted octanol–water partition coefficient (Wildman–Crippen LogP) is 3.21. The van der Waals surface area contributed by atoms with Crippen molar-refractivity contribution in [1.29, 1.82) is 0 Å². The lowest BCUT2D eigenvalue weighted by Gasteiger charge is -2.16. The first-order chi connectivity index (χ1) is 12.2. The summed E-state index contributed by atoms with van der Waals surface area (Å²) in [7, 11) is -3.72. The van der Waals surface area contributed by atoms with Gasteiger partial charge in [0.15, 0.2) is 0 Å². The van der Waals surface area contributed by atoms with E-state index in [0.29, 0.717) is 5.69 Å². The quantitative estimate of drug-likeness (QED) is 0.869. The lowest BCUT2D eigenvalue weighted by molar-refractivity contribution is -0.119. The van der Waals surface area contributed by atoms with Crippen LogP contribution in [0.25, 0.3) is 0 Å². The van der Waals surface area contributed by atoms with E-state index >= 15 is 0 Å². The van der Waals surface area contributed by atoms with Crippen LogP contribution >= 0.6 is 11.6 Å². The third-order valence-electron chi connectivity index (χ3n) is 4.10. The molecule has 26 heavy (non-hydrogen) atoms. The van der Waals surface area contributed by atoms with Gasteiger partial charge in [0.05, 0.1) is 27.9 Å². The van der Waals surface area contributed by atoms with E-state index < -0.39 is 27.8 Å². The molecule has 1 saturated heterocycles. The van der Waals surface area contributed by atoms with Gasteiger partial charge in [-0.15, -0.1) is 0 Å². The lowest BCUT2D eigenvalue weighted by Crippen LogP contribution is -2.30. The van der Waals surface area contributed by atoms with E-state index in [1.807, 2.05) is 19.1 Å². The van der Waals surface area contributed by atoms with Crippen LogP contribution in [0.5, 0.6) is 0 Å². The Bertz CT molecular complexity index is 987. The van der Waals surface area contributed by atoms with Crippen molar-refractivity contribution in [1.82, 2.24) is 0 Å². The Morgan fingerprint density at radius 2 is 1.85 bits per heavy atom. The molecule has 1 N–H and O–H groups in total. The second kappa shape index (κ2) is 6.74. The smallest absolute Gasteiger partial charge is 0.257 e.